The minimum absolute atomic E-state index is 0.0458. The van der Waals surface area contributed by atoms with Crippen LogP contribution in [0.5, 0.6) is 5.75 Å². The molecule has 1 unspecified atom stereocenters. The highest BCUT2D eigenvalue weighted by Gasteiger charge is 2.25. The van der Waals surface area contributed by atoms with Crippen molar-refractivity contribution in [3.63, 3.8) is 0 Å². The highest BCUT2D eigenvalue weighted by molar-refractivity contribution is 7.17. The molecule has 0 bridgehead atoms. The van der Waals surface area contributed by atoms with Crippen LogP contribution in [0.25, 0.3) is 10.1 Å². The van der Waals surface area contributed by atoms with Gasteiger partial charge in [0.05, 0.1) is 24.3 Å². The lowest BCUT2D eigenvalue weighted by Crippen LogP contribution is -2.36. The van der Waals surface area contributed by atoms with Gasteiger partial charge in [-0.15, -0.1) is 11.3 Å². The van der Waals surface area contributed by atoms with Crippen molar-refractivity contribution < 1.29 is 14.6 Å². The lowest BCUT2D eigenvalue weighted by atomic mass is 10.0. The fourth-order valence-corrected chi connectivity index (χ4v) is 7.12. The number of likely N-dealkylation sites (tertiary alicyclic amines) is 1. The summed E-state index contributed by atoms with van der Waals surface area (Å²) in [4.78, 5) is 9.62. The highest BCUT2D eigenvalue weighted by atomic mass is 35.5. The third-order valence-corrected chi connectivity index (χ3v) is 9.42. The third-order valence-electron chi connectivity index (χ3n) is 8.25. The van der Waals surface area contributed by atoms with Crippen molar-refractivity contribution in [2.24, 2.45) is 10.9 Å². The predicted molar refractivity (Wildman–Crippen MR) is 159 cm³/mol. The predicted octanol–water partition coefficient (Wildman–Crippen LogP) is 5.40. The number of hydrogen-bond donors (Lipinski definition) is 0. The van der Waals surface area contributed by atoms with Crippen LogP contribution in [0.2, 0.25) is 5.02 Å². The van der Waals surface area contributed by atoms with Gasteiger partial charge in [0.1, 0.15) is 11.9 Å². The molecule has 0 N–H and O–H groups in total. The molecule has 3 aromatic rings. The molecule has 6 nitrogen and oxygen atoms in total. The second kappa shape index (κ2) is 12.5. The Bertz CT molecular complexity index is 1290. The molecule has 8 heteroatoms. The van der Waals surface area contributed by atoms with Crippen LogP contribution >= 0.6 is 22.9 Å². The zero-order valence-electron chi connectivity index (χ0n) is 22.4. The van der Waals surface area contributed by atoms with Crippen molar-refractivity contribution in [3.8, 4) is 5.75 Å². The normalized spacial score (nSPS) is 22.1. The first kappa shape index (κ1) is 26.9. The number of nitrogens with zero attached hydrogens (tertiary/aromatic N) is 3. The number of rotatable bonds is 9. The van der Waals surface area contributed by atoms with E-state index in [-0.39, 0.29) is 24.0 Å². The zero-order valence-corrected chi connectivity index (χ0v) is 24.0. The maximum atomic E-state index is 13.4. The minimum Gasteiger partial charge on any atom is -0.862 e. The van der Waals surface area contributed by atoms with Gasteiger partial charge in [-0.1, -0.05) is 23.7 Å². The summed E-state index contributed by atoms with van der Waals surface area (Å²) in [6.07, 6.45) is 5.91. The molecule has 0 saturated carbocycles. The smallest absolute Gasteiger partial charge is 0.138 e. The first-order valence-electron chi connectivity index (χ1n) is 14.3. The van der Waals surface area contributed by atoms with E-state index in [9.17, 15) is 5.11 Å². The number of benzene rings is 2. The van der Waals surface area contributed by atoms with Crippen LogP contribution < -0.4 is 14.7 Å². The van der Waals surface area contributed by atoms with E-state index < -0.39 is 0 Å². The maximum absolute atomic E-state index is 13.4. The van der Waals surface area contributed by atoms with E-state index in [2.05, 4.69) is 45.5 Å². The Morgan fingerprint density at radius 3 is 2.74 bits per heavy atom. The van der Waals surface area contributed by atoms with Gasteiger partial charge in [0.2, 0.25) is 0 Å². The number of thiophene rings is 1. The molecule has 6 rings (SSSR count). The Labute approximate surface area is 240 Å². The van der Waals surface area contributed by atoms with Gasteiger partial charge in [0, 0.05) is 48.8 Å². The Kier molecular flexibility index (Phi) is 8.59. The summed E-state index contributed by atoms with van der Waals surface area (Å²) in [5, 5.41) is 17.5. The van der Waals surface area contributed by atoms with Crippen LogP contribution in [0.15, 0.2) is 52.8 Å². The van der Waals surface area contributed by atoms with E-state index in [0.29, 0.717) is 11.4 Å². The van der Waals surface area contributed by atoms with Gasteiger partial charge in [0.15, 0.2) is 0 Å². The first-order chi connectivity index (χ1) is 19.1. The first-order valence-corrected chi connectivity index (χ1v) is 15.6. The summed E-state index contributed by atoms with van der Waals surface area (Å²) in [6.45, 7) is 6.08. The number of halogens is 1. The fourth-order valence-electron chi connectivity index (χ4n) is 6.05. The molecule has 0 radical (unpaired) electrons. The highest BCUT2D eigenvalue weighted by Crippen LogP contribution is 2.31. The van der Waals surface area contributed by atoms with Gasteiger partial charge in [-0.2, -0.15) is 0 Å². The van der Waals surface area contributed by atoms with Crippen LogP contribution in [0.1, 0.15) is 37.7 Å². The average molecular weight is 567 g/mol. The lowest BCUT2D eigenvalue weighted by molar-refractivity contribution is -0.223. The molecule has 208 valence electrons. The minimum atomic E-state index is -0.0783. The molecule has 3 saturated heterocycles. The fraction of sp³-hybridized carbons (Fsp3) is 0.516. The number of hydrogen-bond acceptors (Lipinski definition) is 7. The third kappa shape index (κ3) is 6.71. The molecule has 3 aliphatic heterocycles. The summed E-state index contributed by atoms with van der Waals surface area (Å²) in [5.41, 5.74) is 2.30. The van der Waals surface area contributed by atoms with Crippen LogP contribution in [-0.4, -0.2) is 68.9 Å². The summed E-state index contributed by atoms with van der Waals surface area (Å²) < 4.78 is 12.9. The Morgan fingerprint density at radius 1 is 1.08 bits per heavy atom. The number of ether oxygens (including phenoxy) is 2. The number of fused-ring (bicyclic) bond motifs is 1. The summed E-state index contributed by atoms with van der Waals surface area (Å²) in [5.74, 6) is 0.719. The van der Waals surface area contributed by atoms with Crippen molar-refractivity contribution in [2.75, 3.05) is 50.8 Å². The molecule has 1 aromatic heterocycles. The largest absolute Gasteiger partial charge is 0.862 e. The lowest BCUT2D eigenvalue weighted by Gasteiger charge is -2.26. The number of aliphatic imine (C=N–C) groups is 1. The molecule has 4 heterocycles. The standard InChI is InChI=1S/C31H38ClN3O3S/c32-28-18-22(3-6-29(28)38-27-8-14-37-15-9-27)17-25(21-34-11-1-2-12-34)33-31(36)24-7-13-35(20-24)26-5-4-23-10-16-39-30(23)19-26/h3-6,10,16,18-19,24-25,27H,1-2,7-9,11-15,17,20-21H2,(H,33,36)/p-1/t24-,25?/m1/s1. The van der Waals surface area contributed by atoms with Crippen LogP contribution in [0.3, 0.4) is 0 Å². The Hall–Kier alpha value is -2.32. The summed E-state index contributed by atoms with van der Waals surface area (Å²) >= 11 is 8.41. The average Bonchev–Trinajstić information content (AvgIpc) is 3.72. The molecular formula is C31H37ClN3O3S-. The quantitative estimate of drug-likeness (QED) is 0.256. The molecule has 39 heavy (non-hydrogen) atoms. The van der Waals surface area contributed by atoms with E-state index in [1.54, 1.807) is 11.3 Å². The molecule has 2 aromatic carbocycles. The molecule has 3 fully saturated rings. The van der Waals surface area contributed by atoms with Crippen molar-refractivity contribution >= 4 is 44.6 Å². The summed E-state index contributed by atoms with van der Waals surface area (Å²) in [6, 6.07) is 14.7. The van der Waals surface area contributed by atoms with Gasteiger partial charge in [0.25, 0.3) is 0 Å². The zero-order chi connectivity index (χ0) is 26.6. The van der Waals surface area contributed by atoms with Gasteiger partial charge in [-0.25, -0.2) is 0 Å². The Balaban J connectivity index is 1.13. The van der Waals surface area contributed by atoms with Crippen molar-refractivity contribution in [1.82, 2.24) is 4.90 Å². The molecule has 0 aliphatic carbocycles. The van der Waals surface area contributed by atoms with Crippen molar-refractivity contribution in [3.05, 3.63) is 58.4 Å². The topological polar surface area (TPSA) is 60.4 Å². The molecule has 0 spiro atoms. The maximum Gasteiger partial charge on any atom is 0.138 e. The molecule has 3 aliphatic rings. The van der Waals surface area contributed by atoms with E-state index in [1.165, 1.54) is 28.6 Å². The van der Waals surface area contributed by atoms with Gasteiger partial charge in [-0.05, 0) is 91.3 Å². The van der Waals surface area contributed by atoms with E-state index in [1.807, 2.05) is 12.1 Å². The van der Waals surface area contributed by atoms with E-state index >= 15 is 0 Å². The second-order valence-corrected chi connectivity index (χ2v) is 12.5. The van der Waals surface area contributed by atoms with Crippen molar-refractivity contribution in [1.29, 1.82) is 0 Å². The van der Waals surface area contributed by atoms with Crippen LogP contribution in [0, 0.1) is 5.92 Å². The van der Waals surface area contributed by atoms with Gasteiger partial charge >= 0.3 is 0 Å². The number of anilines is 1. The van der Waals surface area contributed by atoms with E-state index in [0.717, 1.165) is 76.5 Å². The van der Waals surface area contributed by atoms with E-state index in [4.69, 9.17) is 26.1 Å². The molecule has 0 amide bonds. The van der Waals surface area contributed by atoms with Gasteiger partial charge < -0.3 is 29.4 Å². The SMILES string of the molecule is [O-]C(=NC(Cc1ccc(OC2CCOCC2)c(Cl)c1)CN1CCCC1)[C@@H]1CCN(c2ccc3ccsc3c2)C1. The Morgan fingerprint density at radius 2 is 1.92 bits per heavy atom. The molecular weight excluding hydrogens is 530 g/mol. The van der Waals surface area contributed by atoms with Crippen molar-refractivity contribution in [2.45, 2.75) is 50.7 Å². The van der Waals surface area contributed by atoms with Crippen LogP contribution in [-0.2, 0) is 11.2 Å². The summed E-state index contributed by atoms with van der Waals surface area (Å²) in [7, 11) is 0. The van der Waals surface area contributed by atoms with Crippen LogP contribution in [0.4, 0.5) is 5.69 Å². The monoisotopic (exact) mass is 566 g/mol. The van der Waals surface area contributed by atoms with Gasteiger partial charge in [-0.3, -0.25) is 0 Å². The second-order valence-electron chi connectivity index (χ2n) is 11.1. The molecule has 2 atom stereocenters.